The molecule has 3 rings (SSSR count). The Hall–Kier alpha value is -2.89. The first-order chi connectivity index (χ1) is 15.8. The molecule has 0 saturated carbocycles. The van der Waals surface area contributed by atoms with Crippen LogP contribution in [0.1, 0.15) is 36.6 Å². The molecule has 0 radical (unpaired) electrons. The normalized spacial score (nSPS) is 11.8. The number of halogens is 3. The zero-order chi connectivity index (χ0) is 24.0. The van der Waals surface area contributed by atoms with Gasteiger partial charge >= 0.3 is 0 Å². The number of rotatable bonds is 8. The lowest BCUT2D eigenvalue weighted by Gasteiger charge is -2.33. The zero-order valence-corrected chi connectivity index (χ0v) is 19.9. The number of nitrogens with zero attached hydrogens (tertiary/aromatic N) is 1. The predicted octanol–water partition coefficient (Wildman–Crippen LogP) is 6.17. The van der Waals surface area contributed by atoms with Gasteiger partial charge < -0.3 is 10.2 Å². The molecule has 0 unspecified atom stereocenters. The summed E-state index contributed by atoms with van der Waals surface area (Å²) >= 11 is 12.2. The van der Waals surface area contributed by atoms with Crippen molar-refractivity contribution in [3.63, 3.8) is 0 Å². The minimum absolute atomic E-state index is 0.159. The molecule has 0 aliphatic rings. The minimum Gasteiger partial charge on any atom is -0.350 e. The van der Waals surface area contributed by atoms with Crippen molar-refractivity contribution in [2.45, 2.75) is 33.0 Å². The van der Waals surface area contributed by atoms with E-state index in [0.29, 0.717) is 21.2 Å². The largest absolute Gasteiger partial charge is 0.350 e. The monoisotopic (exact) mass is 486 g/mol. The minimum atomic E-state index is -0.878. The Morgan fingerprint density at radius 1 is 0.970 bits per heavy atom. The third-order valence-corrected chi connectivity index (χ3v) is 5.77. The molecule has 0 aliphatic carbocycles. The van der Waals surface area contributed by atoms with Crippen LogP contribution >= 0.6 is 23.2 Å². The molecule has 7 heteroatoms. The lowest BCUT2D eigenvalue weighted by molar-refractivity contribution is -0.144. The van der Waals surface area contributed by atoms with E-state index in [0.717, 1.165) is 5.56 Å². The van der Waals surface area contributed by atoms with Crippen molar-refractivity contribution in [3.05, 3.63) is 105 Å². The van der Waals surface area contributed by atoms with Crippen LogP contribution in [0.25, 0.3) is 0 Å². The molecule has 3 aromatic carbocycles. The Balaban J connectivity index is 1.94. The molecule has 1 atom stereocenters. The van der Waals surface area contributed by atoms with Crippen LogP contribution in [0.4, 0.5) is 4.39 Å². The first-order valence-corrected chi connectivity index (χ1v) is 11.3. The highest BCUT2D eigenvalue weighted by Gasteiger charge is 2.32. The van der Waals surface area contributed by atoms with Crippen molar-refractivity contribution in [1.82, 2.24) is 10.2 Å². The molecule has 0 aromatic heterocycles. The van der Waals surface area contributed by atoms with E-state index >= 15 is 0 Å². The standard InChI is InChI=1S/C26H25Cl2FN2O2/c1-17(2)26(33)31(16-18-8-12-22(29)13-9-18)24(19-6-4-3-5-7-19)25(32)30-15-20-10-11-21(27)14-23(20)28/h3-14,17,24H,15-16H2,1-2H3,(H,30,32)/t24-/m1/s1. The quantitative estimate of drug-likeness (QED) is 0.413. The summed E-state index contributed by atoms with van der Waals surface area (Å²) in [5, 5.41) is 3.86. The van der Waals surface area contributed by atoms with Crippen molar-refractivity contribution in [1.29, 1.82) is 0 Å². The van der Waals surface area contributed by atoms with E-state index in [1.165, 1.54) is 17.0 Å². The Morgan fingerprint density at radius 3 is 2.24 bits per heavy atom. The van der Waals surface area contributed by atoms with Gasteiger partial charge in [-0.1, -0.05) is 85.6 Å². The van der Waals surface area contributed by atoms with Crippen LogP contribution in [-0.4, -0.2) is 16.7 Å². The molecular formula is C26H25Cl2FN2O2. The Morgan fingerprint density at radius 2 is 1.64 bits per heavy atom. The molecule has 0 saturated heterocycles. The maximum Gasteiger partial charge on any atom is 0.247 e. The molecule has 0 aliphatic heterocycles. The number of nitrogens with one attached hydrogen (secondary N) is 1. The van der Waals surface area contributed by atoms with Crippen LogP contribution < -0.4 is 5.32 Å². The second-order valence-electron chi connectivity index (χ2n) is 8.01. The van der Waals surface area contributed by atoms with E-state index in [9.17, 15) is 14.0 Å². The third-order valence-electron chi connectivity index (χ3n) is 5.19. The van der Waals surface area contributed by atoms with Crippen LogP contribution in [0.3, 0.4) is 0 Å². The number of amides is 2. The highest BCUT2D eigenvalue weighted by Crippen LogP contribution is 2.27. The summed E-state index contributed by atoms with van der Waals surface area (Å²) in [5.74, 6) is -1.23. The molecule has 4 nitrogen and oxygen atoms in total. The molecule has 0 heterocycles. The predicted molar refractivity (Wildman–Crippen MR) is 129 cm³/mol. The van der Waals surface area contributed by atoms with Gasteiger partial charge in [-0.3, -0.25) is 9.59 Å². The lowest BCUT2D eigenvalue weighted by Crippen LogP contribution is -2.44. The van der Waals surface area contributed by atoms with E-state index in [-0.39, 0.29) is 36.6 Å². The third kappa shape index (κ3) is 6.56. The van der Waals surface area contributed by atoms with Crippen LogP contribution in [-0.2, 0) is 22.7 Å². The summed E-state index contributed by atoms with van der Waals surface area (Å²) in [6, 6.07) is 19.2. The summed E-state index contributed by atoms with van der Waals surface area (Å²) in [4.78, 5) is 28.2. The van der Waals surface area contributed by atoms with Crippen molar-refractivity contribution in [2.75, 3.05) is 0 Å². The topological polar surface area (TPSA) is 49.4 Å². The average molecular weight is 487 g/mol. The lowest BCUT2D eigenvalue weighted by atomic mass is 10.0. The van der Waals surface area contributed by atoms with Gasteiger partial charge in [0.15, 0.2) is 0 Å². The fraction of sp³-hybridized carbons (Fsp3) is 0.231. The summed E-state index contributed by atoms with van der Waals surface area (Å²) in [5.41, 5.74) is 2.11. The number of carbonyl (C=O) groups excluding carboxylic acids is 2. The molecule has 0 bridgehead atoms. The van der Waals surface area contributed by atoms with Crippen LogP contribution in [0.2, 0.25) is 10.0 Å². The number of hydrogen-bond donors (Lipinski definition) is 1. The summed E-state index contributed by atoms with van der Waals surface area (Å²) in [6.45, 7) is 3.91. The number of carbonyl (C=O) groups is 2. The second kappa shape index (κ2) is 11.3. The smallest absolute Gasteiger partial charge is 0.247 e. The van der Waals surface area contributed by atoms with Gasteiger partial charge in [0, 0.05) is 29.1 Å². The molecule has 33 heavy (non-hydrogen) atoms. The first-order valence-electron chi connectivity index (χ1n) is 10.6. The maximum absolute atomic E-state index is 13.5. The molecule has 0 spiro atoms. The molecular weight excluding hydrogens is 462 g/mol. The van der Waals surface area contributed by atoms with Crippen LogP contribution in [0.5, 0.6) is 0 Å². The second-order valence-corrected chi connectivity index (χ2v) is 8.86. The van der Waals surface area contributed by atoms with E-state index in [4.69, 9.17) is 23.2 Å². The number of benzene rings is 3. The Labute approximate surface area is 203 Å². The fourth-order valence-electron chi connectivity index (χ4n) is 3.47. The van der Waals surface area contributed by atoms with Crippen molar-refractivity contribution >= 4 is 35.0 Å². The maximum atomic E-state index is 13.5. The van der Waals surface area contributed by atoms with Gasteiger partial charge in [0.1, 0.15) is 11.9 Å². The molecule has 1 N–H and O–H groups in total. The van der Waals surface area contributed by atoms with Gasteiger partial charge in [-0.15, -0.1) is 0 Å². The van der Waals surface area contributed by atoms with E-state index < -0.39 is 6.04 Å². The van der Waals surface area contributed by atoms with E-state index in [1.807, 2.05) is 30.3 Å². The van der Waals surface area contributed by atoms with Crippen molar-refractivity contribution in [3.8, 4) is 0 Å². The molecule has 2 amide bonds. The van der Waals surface area contributed by atoms with Gasteiger partial charge in [0.05, 0.1) is 0 Å². The van der Waals surface area contributed by atoms with Gasteiger partial charge in [-0.05, 0) is 41.0 Å². The van der Waals surface area contributed by atoms with Gasteiger partial charge in [-0.25, -0.2) is 4.39 Å². The van der Waals surface area contributed by atoms with Crippen molar-refractivity contribution in [2.24, 2.45) is 5.92 Å². The Bertz CT molecular complexity index is 1110. The summed E-state index contributed by atoms with van der Waals surface area (Å²) in [7, 11) is 0. The first kappa shape index (κ1) is 24.7. The summed E-state index contributed by atoms with van der Waals surface area (Å²) in [6.07, 6.45) is 0. The van der Waals surface area contributed by atoms with E-state index in [2.05, 4.69) is 5.32 Å². The van der Waals surface area contributed by atoms with Gasteiger partial charge in [0.25, 0.3) is 0 Å². The molecule has 172 valence electrons. The number of hydrogen-bond acceptors (Lipinski definition) is 2. The van der Waals surface area contributed by atoms with Crippen molar-refractivity contribution < 1.29 is 14.0 Å². The van der Waals surface area contributed by atoms with Crippen LogP contribution in [0, 0.1) is 11.7 Å². The summed E-state index contributed by atoms with van der Waals surface area (Å²) < 4.78 is 13.4. The fourth-order valence-corrected chi connectivity index (χ4v) is 3.94. The van der Waals surface area contributed by atoms with Gasteiger partial charge in [-0.2, -0.15) is 0 Å². The SMILES string of the molecule is CC(C)C(=O)N(Cc1ccc(F)cc1)[C@@H](C(=O)NCc1ccc(Cl)cc1Cl)c1ccccc1. The average Bonchev–Trinajstić information content (AvgIpc) is 2.79. The molecule has 3 aromatic rings. The Kier molecular flexibility index (Phi) is 8.48. The molecule has 0 fully saturated rings. The van der Waals surface area contributed by atoms with Gasteiger partial charge in [0.2, 0.25) is 11.8 Å². The highest BCUT2D eigenvalue weighted by molar-refractivity contribution is 6.35. The highest BCUT2D eigenvalue weighted by atomic mass is 35.5. The van der Waals surface area contributed by atoms with E-state index in [1.54, 1.807) is 44.2 Å². The van der Waals surface area contributed by atoms with Crippen LogP contribution in [0.15, 0.2) is 72.8 Å². The zero-order valence-electron chi connectivity index (χ0n) is 18.4.